The maximum Gasteiger partial charge on any atom is 0.234 e. The lowest BCUT2D eigenvalue weighted by molar-refractivity contribution is -0.113. The maximum absolute atomic E-state index is 12.3. The summed E-state index contributed by atoms with van der Waals surface area (Å²) in [4.78, 5) is 12.3. The van der Waals surface area contributed by atoms with Gasteiger partial charge in [0.15, 0.2) is 5.16 Å². The Morgan fingerprint density at radius 2 is 1.96 bits per heavy atom. The molecule has 0 saturated heterocycles. The van der Waals surface area contributed by atoms with Crippen molar-refractivity contribution in [3.05, 3.63) is 65.4 Å². The molecule has 2 aromatic carbocycles. The zero-order chi connectivity index (χ0) is 17.9. The minimum Gasteiger partial charge on any atom is -0.325 e. The fourth-order valence-corrected chi connectivity index (χ4v) is 3.64. The van der Waals surface area contributed by atoms with Gasteiger partial charge in [-0.3, -0.25) is 9.36 Å². The van der Waals surface area contributed by atoms with Gasteiger partial charge in [0.25, 0.3) is 0 Å². The molecule has 132 valence electrons. The highest BCUT2D eigenvalue weighted by atomic mass is 35.5. The van der Waals surface area contributed by atoms with Crippen molar-refractivity contribution in [2.75, 3.05) is 11.1 Å². The maximum atomic E-state index is 12.3. The van der Waals surface area contributed by atoms with Crippen LogP contribution in [0.1, 0.15) is 24.6 Å². The summed E-state index contributed by atoms with van der Waals surface area (Å²) in [6.45, 7) is 0. The monoisotopic (exact) mass is 384 g/mol. The third-order valence-corrected chi connectivity index (χ3v) is 5.22. The summed E-state index contributed by atoms with van der Waals surface area (Å²) in [5.74, 6) is 1.60. The van der Waals surface area contributed by atoms with Gasteiger partial charge in [-0.25, -0.2) is 0 Å². The van der Waals surface area contributed by atoms with E-state index in [4.69, 9.17) is 11.6 Å². The van der Waals surface area contributed by atoms with Crippen molar-refractivity contribution in [1.29, 1.82) is 0 Å². The zero-order valence-electron chi connectivity index (χ0n) is 13.9. The van der Waals surface area contributed by atoms with Gasteiger partial charge in [0.1, 0.15) is 5.82 Å². The second-order valence-electron chi connectivity index (χ2n) is 6.13. The van der Waals surface area contributed by atoms with Crippen LogP contribution in [0.3, 0.4) is 0 Å². The number of aromatic nitrogens is 3. The van der Waals surface area contributed by atoms with Crippen LogP contribution in [-0.4, -0.2) is 26.4 Å². The van der Waals surface area contributed by atoms with Crippen molar-refractivity contribution in [3.63, 3.8) is 0 Å². The minimum atomic E-state index is -0.104. The number of hydrogen-bond acceptors (Lipinski definition) is 4. The Morgan fingerprint density at radius 3 is 2.69 bits per heavy atom. The number of amides is 1. The fourth-order valence-electron chi connectivity index (χ4n) is 2.69. The summed E-state index contributed by atoms with van der Waals surface area (Å²) in [6.07, 6.45) is 2.29. The summed E-state index contributed by atoms with van der Waals surface area (Å²) in [7, 11) is 0. The van der Waals surface area contributed by atoms with E-state index in [2.05, 4.69) is 20.1 Å². The Kier molecular flexibility index (Phi) is 4.95. The molecule has 26 heavy (non-hydrogen) atoms. The predicted molar refractivity (Wildman–Crippen MR) is 104 cm³/mol. The van der Waals surface area contributed by atoms with Crippen LogP contribution >= 0.6 is 23.4 Å². The highest BCUT2D eigenvalue weighted by Gasteiger charge is 2.31. The summed E-state index contributed by atoms with van der Waals surface area (Å²) >= 11 is 7.33. The lowest BCUT2D eigenvalue weighted by Crippen LogP contribution is -2.14. The normalized spacial score (nSPS) is 13.6. The smallest absolute Gasteiger partial charge is 0.234 e. The van der Waals surface area contributed by atoms with E-state index in [0.29, 0.717) is 16.6 Å². The van der Waals surface area contributed by atoms with E-state index < -0.39 is 0 Å². The molecule has 1 fully saturated rings. The Balaban J connectivity index is 1.49. The van der Waals surface area contributed by atoms with Crippen LogP contribution in [0.2, 0.25) is 5.02 Å². The number of carbonyl (C=O) groups is 1. The van der Waals surface area contributed by atoms with Gasteiger partial charge < -0.3 is 5.32 Å². The van der Waals surface area contributed by atoms with Crippen molar-refractivity contribution in [2.24, 2.45) is 0 Å². The Morgan fingerprint density at radius 1 is 1.15 bits per heavy atom. The average molecular weight is 385 g/mol. The third-order valence-electron chi connectivity index (χ3n) is 4.06. The van der Waals surface area contributed by atoms with Crippen LogP contribution in [-0.2, 0) is 4.79 Å². The highest BCUT2D eigenvalue weighted by molar-refractivity contribution is 7.99. The molecule has 7 heteroatoms. The molecule has 1 aliphatic rings. The molecule has 3 aromatic rings. The van der Waals surface area contributed by atoms with Gasteiger partial charge in [-0.15, -0.1) is 10.2 Å². The number of carbonyl (C=O) groups excluding carboxylic acids is 1. The first-order chi connectivity index (χ1) is 12.7. The van der Waals surface area contributed by atoms with Crippen molar-refractivity contribution < 1.29 is 4.79 Å². The van der Waals surface area contributed by atoms with Gasteiger partial charge >= 0.3 is 0 Å². The summed E-state index contributed by atoms with van der Waals surface area (Å²) < 4.78 is 2.06. The molecule has 4 rings (SSSR count). The Bertz CT molecular complexity index is 924. The first-order valence-corrected chi connectivity index (χ1v) is 9.76. The largest absolute Gasteiger partial charge is 0.325 e. The second-order valence-corrected chi connectivity index (χ2v) is 7.51. The van der Waals surface area contributed by atoms with Crippen LogP contribution < -0.4 is 5.32 Å². The van der Waals surface area contributed by atoms with Crippen LogP contribution in [0.4, 0.5) is 5.69 Å². The molecule has 1 aromatic heterocycles. The molecular weight excluding hydrogens is 368 g/mol. The number of hydrogen-bond donors (Lipinski definition) is 1. The number of halogens is 1. The molecule has 0 spiro atoms. The van der Waals surface area contributed by atoms with Crippen LogP contribution in [0.15, 0.2) is 59.8 Å². The molecule has 0 bridgehead atoms. The molecule has 1 amide bonds. The topological polar surface area (TPSA) is 59.8 Å². The van der Waals surface area contributed by atoms with Crippen molar-refractivity contribution in [2.45, 2.75) is 23.9 Å². The van der Waals surface area contributed by atoms with Crippen LogP contribution in [0.25, 0.3) is 5.69 Å². The molecule has 1 N–H and O–H groups in total. The standard InChI is InChI=1S/C19H17ClN4OS/c20-14-5-4-6-15(11-14)21-17(25)12-26-19-23-22-18(13-9-10-13)24(19)16-7-2-1-3-8-16/h1-8,11,13H,9-10,12H2,(H,21,25). The van der Waals surface area contributed by atoms with E-state index in [9.17, 15) is 4.79 Å². The van der Waals surface area contributed by atoms with Gasteiger partial charge in [-0.2, -0.15) is 0 Å². The fraction of sp³-hybridized carbons (Fsp3) is 0.211. The van der Waals surface area contributed by atoms with Gasteiger partial charge in [-0.1, -0.05) is 47.6 Å². The van der Waals surface area contributed by atoms with Gasteiger partial charge in [-0.05, 0) is 43.2 Å². The first kappa shape index (κ1) is 17.1. The number of nitrogens with zero attached hydrogens (tertiary/aromatic N) is 3. The molecule has 5 nitrogen and oxygen atoms in total. The lowest BCUT2D eigenvalue weighted by Gasteiger charge is -2.10. The summed E-state index contributed by atoms with van der Waals surface area (Å²) in [6, 6.07) is 17.1. The molecular formula is C19H17ClN4OS. The van der Waals surface area contributed by atoms with E-state index in [1.165, 1.54) is 11.8 Å². The van der Waals surface area contributed by atoms with Gasteiger partial charge in [0.05, 0.1) is 5.75 Å². The van der Waals surface area contributed by atoms with E-state index >= 15 is 0 Å². The van der Waals surface area contributed by atoms with Crippen LogP contribution in [0, 0.1) is 0 Å². The molecule has 0 radical (unpaired) electrons. The second kappa shape index (κ2) is 7.51. The average Bonchev–Trinajstić information content (AvgIpc) is 3.40. The van der Waals surface area contributed by atoms with E-state index in [1.807, 2.05) is 36.4 Å². The summed E-state index contributed by atoms with van der Waals surface area (Å²) in [5.41, 5.74) is 1.71. The summed E-state index contributed by atoms with van der Waals surface area (Å²) in [5, 5.41) is 12.9. The number of thioether (sulfide) groups is 1. The molecule has 0 unspecified atom stereocenters. The van der Waals surface area contributed by atoms with Crippen molar-refractivity contribution >= 4 is 35.0 Å². The molecule has 0 atom stereocenters. The van der Waals surface area contributed by atoms with Gasteiger partial charge in [0.2, 0.25) is 5.91 Å². The van der Waals surface area contributed by atoms with E-state index in [1.54, 1.807) is 18.2 Å². The van der Waals surface area contributed by atoms with Gasteiger partial charge in [0, 0.05) is 22.3 Å². The highest BCUT2D eigenvalue weighted by Crippen LogP contribution is 2.41. The molecule has 1 saturated carbocycles. The number of rotatable bonds is 6. The predicted octanol–water partition coefficient (Wildman–Crippen LogP) is 4.53. The molecule has 0 aliphatic heterocycles. The zero-order valence-corrected chi connectivity index (χ0v) is 15.5. The van der Waals surface area contributed by atoms with Crippen molar-refractivity contribution in [3.8, 4) is 5.69 Å². The molecule has 1 aliphatic carbocycles. The quantitative estimate of drug-likeness (QED) is 0.634. The first-order valence-electron chi connectivity index (χ1n) is 8.39. The lowest BCUT2D eigenvalue weighted by atomic mass is 10.3. The third kappa shape index (κ3) is 3.92. The number of para-hydroxylation sites is 1. The Labute approximate surface area is 160 Å². The van der Waals surface area contributed by atoms with Crippen molar-refractivity contribution in [1.82, 2.24) is 14.8 Å². The number of benzene rings is 2. The minimum absolute atomic E-state index is 0.104. The SMILES string of the molecule is O=C(CSc1nnc(C2CC2)n1-c1ccccc1)Nc1cccc(Cl)c1. The molecule has 1 heterocycles. The van der Waals surface area contributed by atoms with Crippen LogP contribution in [0.5, 0.6) is 0 Å². The Hall–Kier alpha value is -2.31. The number of anilines is 1. The number of nitrogens with one attached hydrogen (secondary N) is 1. The van der Waals surface area contributed by atoms with E-state index in [-0.39, 0.29) is 11.7 Å². The van der Waals surface area contributed by atoms with E-state index in [0.717, 1.165) is 29.5 Å².